The van der Waals surface area contributed by atoms with Crippen LogP contribution in [0.4, 0.5) is 26.3 Å². The Hall–Kier alpha value is -1.24. The smallest absolute Gasteiger partial charge is 0.321 e. The van der Waals surface area contributed by atoms with Gasteiger partial charge in [0.1, 0.15) is 5.82 Å². The number of hydrogen-bond acceptors (Lipinski definition) is 1. The number of benzene rings is 1. The van der Waals surface area contributed by atoms with Crippen molar-refractivity contribution in [2.24, 2.45) is 5.73 Å². The first-order chi connectivity index (χ1) is 8.04. The molecule has 7 heteroatoms. The first kappa shape index (κ1) is 13.2. The fourth-order valence-electron chi connectivity index (χ4n) is 2.16. The highest BCUT2D eigenvalue weighted by molar-refractivity contribution is 5.34. The summed E-state index contributed by atoms with van der Waals surface area (Å²) in [4.78, 5) is 0. The number of halogens is 6. The van der Waals surface area contributed by atoms with E-state index in [0.29, 0.717) is 6.07 Å². The molecule has 1 nitrogen and oxygen atoms in total. The average molecular weight is 269 g/mol. The van der Waals surface area contributed by atoms with Crippen LogP contribution in [0, 0.1) is 5.82 Å². The van der Waals surface area contributed by atoms with Crippen LogP contribution in [-0.2, 0) is 11.7 Å². The molecule has 1 aliphatic carbocycles. The zero-order valence-corrected chi connectivity index (χ0v) is 8.99. The van der Waals surface area contributed by atoms with Gasteiger partial charge in [-0.15, -0.1) is 0 Å². The highest BCUT2D eigenvalue weighted by Crippen LogP contribution is 2.50. The van der Waals surface area contributed by atoms with Gasteiger partial charge in [-0.3, -0.25) is 0 Å². The lowest BCUT2D eigenvalue weighted by Gasteiger charge is -2.44. The molecular formula is C11H9F6N. The van der Waals surface area contributed by atoms with Crippen molar-refractivity contribution in [3.05, 3.63) is 35.1 Å². The first-order valence-corrected chi connectivity index (χ1v) is 5.07. The maximum absolute atomic E-state index is 13.5. The van der Waals surface area contributed by atoms with Crippen molar-refractivity contribution in [3.8, 4) is 0 Å². The SMILES string of the molecule is NC1(c2ccc(C(F)(F)F)cc2F)CC(F)(F)C1. The fourth-order valence-corrected chi connectivity index (χ4v) is 2.16. The van der Waals surface area contributed by atoms with E-state index in [1.165, 1.54) is 0 Å². The van der Waals surface area contributed by atoms with E-state index in [2.05, 4.69) is 0 Å². The molecule has 0 aliphatic heterocycles. The monoisotopic (exact) mass is 269 g/mol. The minimum Gasteiger partial charge on any atom is -0.321 e. The first-order valence-electron chi connectivity index (χ1n) is 5.07. The molecule has 1 fully saturated rings. The Morgan fingerprint density at radius 1 is 1.11 bits per heavy atom. The van der Waals surface area contributed by atoms with Gasteiger partial charge in [-0.2, -0.15) is 13.2 Å². The third-order valence-corrected chi connectivity index (χ3v) is 2.98. The van der Waals surface area contributed by atoms with Gasteiger partial charge in [0.05, 0.1) is 11.1 Å². The second-order valence-corrected chi connectivity index (χ2v) is 4.56. The van der Waals surface area contributed by atoms with Crippen molar-refractivity contribution >= 4 is 0 Å². The summed E-state index contributed by atoms with van der Waals surface area (Å²) in [6.45, 7) is 0. The van der Waals surface area contributed by atoms with Crippen molar-refractivity contribution in [3.63, 3.8) is 0 Å². The molecule has 0 amide bonds. The second-order valence-electron chi connectivity index (χ2n) is 4.56. The van der Waals surface area contributed by atoms with Crippen molar-refractivity contribution in [2.75, 3.05) is 0 Å². The lowest BCUT2D eigenvalue weighted by molar-refractivity contribution is -0.138. The number of hydrogen-bond donors (Lipinski definition) is 1. The molecule has 1 aromatic rings. The minimum atomic E-state index is -4.68. The molecule has 100 valence electrons. The Kier molecular flexibility index (Phi) is 2.66. The largest absolute Gasteiger partial charge is 0.416 e. The normalized spacial score (nSPS) is 21.5. The number of alkyl halides is 5. The minimum absolute atomic E-state index is 0.278. The molecule has 0 saturated heterocycles. The molecule has 0 unspecified atom stereocenters. The summed E-state index contributed by atoms with van der Waals surface area (Å²) >= 11 is 0. The Morgan fingerprint density at radius 3 is 2.06 bits per heavy atom. The third kappa shape index (κ3) is 2.19. The Labute approximate surface area is 98.6 Å². The van der Waals surface area contributed by atoms with E-state index in [-0.39, 0.29) is 11.6 Å². The molecule has 0 bridgehead atoms. The topological polar surface area (TPSA) is 26.0 Å². The molecule has 2 N–H and O–H groups in total. The van der Waals surface area contributed by atoms with E-state index in [1.807, 2.05) is 0 Å². The van der Waals surface area contributed by atoms with Crippen molar-refractivity contribution < 1.29 is 26.3 Å². The molecule has 1 saturated carbocycles. The summed E-state index contributed by atoms with van der Waals surface area (Å²) in [6.07, 6.45) is -6.20. The van der Waals surface area contributed by atoms with Crippen molar-refractivity contribution in [2.45, 2.75) is 30.5 Å². The molecule has 2 rings (SSSR count). The van der Waals surface area contributed by atoms with Gasteiger partial charge in [0.15, 0.2) is 0 Å². The Morgan fingerprint density at radius 2 is 1.67 bits per heavy atom. The lowest BCUT2D eigenvalue weighted by Crippen LogP contribution is -2.55. The van der Waals surface area contributed by atoms with E-state index >= 15 is 0 Å². The quantitative estimate of drug-likeness (QED) is 0.777. The predicted molar refractivity (Wildman–Crippen MR) is 51.4 cm³/mol. The van der Waals surface area contributed by atoms with E-state index in [0.717, 1.165) is 6.07 Å². The van der Waals surface area contributed by atoms with Crippen molar-refractivity contribution in [1.29, 1.82) is 0 Å². The second kappa shape index (κ2) is 3.63. The average Bonchev–Trinajstić information content (AvgIpc) is 2.12. The molecule has 0 spiro atoms. The molecule has 0 atom stereocenters. The fraction of sp³-hybridized carbons (Fsp3) is 0.455. The molecule has 0 aromatic heterocycles. The summed E-state index contributed by atoms with van der Waals surface area (Å²) in [5.41, 5.74) is 2.50. The van der Waals surface area contributed by atoms with E-state index in [9.17, 15) is 26.3 Å². The molecule has 18 heavy (non-hydrogen) atoms. The van der Waals surface area contributed by atoms with Crippen molar-refractivity contribution in [1.82, 2.24) is 0 Å². The van der Waals surface area contributed by atoms with Gasteiger partial charge in [0, 0.05) is 18.4 Å². The van der Waals surface area contributed by atoms with Crippen LogP contribution in [0.25, 0.3) is 0 Å². The highest BCUT2D eigenvalue weighted by Gasteiger charge is 2.56. The zero-order valence-electron chi connectivity index (χ0n) is 8.99. The zero-order chi connectivity index (χ0) is 13.8. The van der Waals surface area contributed by atoms with E-state index in [1.54, 1.807) is 0 Å². The van der Waals surface area contributed by atoms with Gasteiger partial charge in [-0.05, 0) is 12.1 Å². The van der Waals surface area contributed by atoms with Gasteiger partial charge in [-0.25, -0.2) is 13.2 Å². The van der Waals surface area contributed by atoms with Gasteiger partial charge in [-0.1, -0.05) is 6.07 Å². The molecule has 0 radical (unpaired) electrons. The molecular weight excluding hydrogens is 260 g/mol. The molecule has 1 aromatic carbocycles. The number of nitrogens with two attached hydrogens (primary N) is 1. The predicted octanol–water partition coefficient (Wildman–Crippen LogP) is 3.43. The van der Waals surface area contributed by atoms with Crippen LogP contribution in [-0.4, -0.2) is 5.92 Å². The maximum atomic E-state index is 13.5. The summed E-state index contributed by atoms with van der Waals surface area (Å²) in [6, 6.07) is 1.75. The van der Waals surface area contributed by atoms with Gasteiger partial charge in [0.25, 0.3) is 5.92 Å². The van der Waals surface area contributed by atoms with Crippen LogP contribution in [0.1, 0.15) is 24.0 Å². The highest BCUT2D eigenvalue weighted by atomic mass is 19.4. The van der Waals surface area contributed by atoms with Crippen LogP contribution in [0.15, 0.2) is 18.2 Å². The summed E-state index contributed by atoms with van der Waals surface area (Å²) in [7, 11) is 0. The van der Waals surface area contributed by atoms with Gasteiger partial charge >= 0.3 is 6.18 Å². The summed E-state index contributed by atoms with van der Waals surface area (Å²) in [5, 5.41) is 0. The van der Waals surface area contributed by atoms with E-state index < -0.39 is 41.9 Å². The number of rotatable bonds is 1. The van der Waals surface area contributed by atoms with Crippen LogP contribution in [0.5, 0.6) is 0 Å². The van der Waals surface area contributed by atoms with Gasteiger partial charge < -0.3 is 5.73 Å². The van der Waals surface area contributed by atoms with Gasteiger partial charge in [0.2, 0.25) is 0 Å². The molecule has 0 heterocycles. The van der Waals surface area contributed by atoms with Crippen LogP contribution < -0.4 is 5.73 Å². The third-order valence-electron chi connectivity index (χ3n) is 2.98. The summed E-state index contributed by atoms with van der Waals surface area (Å²) in [5.74, 6) is -4.19. The molecule has 1 aliphatic rings. The standard InChI is InChI=1S/C11H9F6N/c12-8-3-6(11(15,16)17)1-2-7(8)9(18)4-10(13,14)5-9/h1-3H,4-5,18H2. The Balaban J connectivity index is 2.32. The lowest BCUT2D eigenvalue weighted by atomic mass is 9.69. The van der Waals surface area contributed by atoms with Crippen LogP contribution in [0.2, 0.25) is 0 Å². The van der Waals surface area contributed by atoms with Crippen LogP contribution in [0.3, 0.4) is 0 Å². The summed E-state index contributed by atoms with van der Waals surface area (Å²) < 4.78 is 75.9. The van der Waals surface area contributed by atoms with Crippen LogP contribution >= 0.6 is 0 Å². The Bertz CT molecular complexity index is 471. The van der Waals surface area contributed by atoms with E-state index in [4.69, 9.17) is 5.73 Å². The maximum Gasteiger partial charge on any atom is 0.416 e.